The Kier molecular flexibility index (Phi) is 5.06. The molecular formula is C21H21ClFNO3. The Balaban J connectivity index is 1.45. The summed E-state index contributed by atoms with van der Waals surface area (Å²) in [7, 11) is 0. The Morgan fingerprint density at radius 1 is 1.26 bits per heavy atom. The van der Waals surface area contributed by atoms with Crippen molar-refractivity contribution in [1.82, 2.24) is 5.32 Å². The number of fused-ring (bicyclic) bond motifs is 1. The van der Waals surface area contributed by atoms with Crippen LogP contribution in [-0.2, 0) is 28.0 Å². The first-order valence-corrected chi connectivity index (χ1v) is 9.52. The maximum atomic E-state index is 13.8. The lowest BCUT2D eigenvalue weighted by Gasteiger charge is -2.40. The van der Waals surface area contributed by atoms with E-state index in [1.807, 2.05) is 24.3 Å². The third-order valence-corrected chi connectivity index (χ3v) is 5.69. The monoisotopic (exact) mass is 389 g/mol. The van der Waals surface area contributed by atoms with Gasteiger partial charge < -0.3 is 14.8 Å². The molecule has 2 aromatic carbocycles. The predicted molar refractivity (Wildman–Crippen MR) is 100 cm³/mol. The zero-order chi connectivity index (χ0) is 18.9. The van der Waals surface area contributed by atoms with Crippen LogP contribution < -0.4 is 10.1 Å². The molecule has 0 atom stereocenters. The van der Waals surface area contributed by atoms with E-state index in [0.717, 1.165) is 30.4 Å². The minimum absolute atomic E-state index is 0.00513. The summed E-state index contributed by atoms with van der Waals surface area (Å²) in [5, 5.41) is 3.66. The molecule has 0 saturated heterocycles. The van der Waals surface area contributed by atoms with Crippen molar-refractivity contribution in [2.75, 3.05) is 13.3 Å². The van der Waals surface area contributed by atoms with Crippen LogP contribution in [0, 0.1) is 5.82 Å². The molecule has 6 heteroatoms. The van der Waals surface area contributed by atoms with Crippen LogP contribution in [0.2, 0.25) is 5.02 Å². The van der Waals surface area contributed by atoms with Crippen LogP contribution in [0.15, 0.2) is 36.4 Å². The van der Waals surface area contributed by atoms with Gasteiger partial charge in [0.15, 0.2) is 6.79 Å². The molecular weight excluding hydrogens is 369 g/mol. The van der Waals surface area contributed by atoms with E-state index in [1.165, 1.54) is 12.1 Å². The van der Waals surface area contributed by atoms with Crippen molar-refractivity contribution in [1.29, 1.82) is 0 Å². The number of carbonyl (C=O) groups is 1. The molecule has 0 radical (unpaired) electrons. The zero-order valence-electron chi connectivity index (χ0n) is 14.9. The topological polar surface area (TPSA) is 47.6 Å². The minimum Gasteiger partial charge on any atom is -0.467 e. The van der Waals surface area contributed by atoms with Gasteiger partial charge in [-0.2, -0.15) is 0 Å². The number of nitrogens with one attached hydrogen (secondary N) is 1. The number of benzene rings is 2. The largest absolute Gasteiger partial charge is 0.467 e. The molecule has 0 spiro atoms. The molecule has 2 aliphatic rings. The second-order valence-electron chi connectivity index (χ2n) is 7.12. The van der Waals surface area contributed by atoms with E-state index in [-0.39, 0.29) is 18.5 Å². The number of hydrogen-bond donors (Lipinski definition) is 1. The molecule has 27 heavy (non-hydrogen) atoms. The summed E-state index contributed by atoms with van der Waals surface area (Å²) in [6, 6.07) is 10.4. The molecule has 0 aromatic heterocycles. The van der Waals surface area contributed by atoms with E-state index in [1.54, 1.807) is 0 Å². The van der Waals surface area contributed by atoms with Crippen LogP contribution in [0.1, 0.15) is 36.0 Å². The highest BCUT2D eigenvalue weighted by Crippen LogP contribution is 2.44. The molecule has 1 aliphatic carbocycles. The van der Waals surface area contributed by atoms with E-state index >= 15 is 0 Å². The predicted octanol–water partition coefficient (Wildman–Crippen LogP) is 4.13. The fraction of sp³-hybridized carbons (Fsp3) is 0.381. The lowest BCUT2D eigenvalue weighted by atomic mass is 9.64. The fourth-order valence-electron chi connectivity index (χ4n) is 3.89. The van der Waals surface area contributed by atoms with Gasteiger partial charge in [-0.3, -0.25) is 4.79 Å². The zero-order valence-corrected chi connectivity index (χ0v) is 15.7. The van der Waals surface area contributed by atoms with Gasteiger partial charge in [0.2, 0.25) is 5.91 Å². The van der Waals surface area contributed by atoms with Gasteiger partial charge in [0, 0.05) is 17.1 Å². The van der Waals surface area contributed by atoms with Gasteiger partial charge in [0.05, 0.1) is 12.0 Å². The molecule has 142 valence electrons. The number of amides is 1. The van der Waals surface area contributed by atoms with Crippen LogP contribution in [0.3, 0.4) is 0 Å². The Hall–Kier alpha value is -2.11. The fourth-order valence-corrected chi connectivity index (χ4v) is 4.08. The highest BCUT2D eigenvalue weighted by Gasteiger charge is 2.45. The van der Waals surface area contributed by atoms with Gasteiger partial charge in [-0.1, -0.05) is 30.2 Å². The molecule has 0 unspecified atom stereocenters. The van der Waals surface area contributed by atoms with Gasteiger partial charge in [0.25, 0.3) is 0 Å². The summed E-state index contributed by atoms with van der Waals surface area (Å²) in [5.41, 5.74) is 1.91. The third kappa shape index (κ3) is 3.54. The molecule has 4 rings (SSSR count). The van der Waals surface area contributed by atoms with Crippen molar-refractivity contribution in [3.8, 4) is 5.75 Å². The first-order chi connectivity index (χ1) is 13.1. The van der Waals surface area contributed by atoms with Gasteiger partial charge in [-0.25, -0.2) is 4.39 Å². The number of hydrogen-bond acceptors (Lipinski definition) is 3. The SMILES string of the molecule is O=C(NCCc1cc(F)cc2c1OCOC2)C1(c2cccc(Cl)c2)CCC1. The molecule has 0 bridgehead atoms. The van der Waals surface area contributed by atoms with Crippen molar-refractivity contribution in [2.45, 2.75) is 37.7 Å². The summed E-state index contributed by atoms with van der Waals surface area (Å²) in [6.45, 7) is 0.918. The third-order valence-electron chi connectivity index (χ3n) is 5.45. The summed E-state index contributed by atoms with van der Waals surface area (Å²) in [4.78, 5) is 12.9. The van der Waals surface area contributed by atoms with Crippen LogP contribution in [0.5, 0.6) is 5.75 Å². The average molecular weight is 390 g/mol. The van der Waals surface area contributed by atoms with Crippen molar-refractivity contribution in [3.63, 3.8) is 0 Å². The molecule has 1 amide bonds. The van der Waals surface area contributed by atoms with E-state index < -0.39 is 5.41 Å². The number of halogens is 2. The lowest BCUT2D eigenvalue weighted by molar-refractivity contribution is -0.129. The summed E-state index contributed by atoms with van der Waals surface area (Å²) < 4.78 is 24.6. The normalized spacial score (nSPS) is 17.4. The second-order valence-corrected chi connectivity index (χ2v) is 7.55. The van der Waals surface area contributed by atoms with E-state index in [0.29, 0.717) is 35.9 Å². The molecule has 2 aromatic rings. The number of ether oxygens (including phenoxy) is 2. The molecule has 1 heterocycles. The maximum absolute atomic E-state index is 13.8. The van der Waals surface area contributed by atoms with E-state index in [9.17, 15) is 9.18 Å². The van der Waals surface area contributed by atoms with Gasteiger partial charge >= 0.3 is 0 Å². The van der Waals surface area contributed by atoms with E-state index in [4.69, 9.17) is 21.1 Å². The minimum atomic E-state index is -0.503. The standard InChI is InChI=1S/C21H21ClFNO3/c22-17-4-1-3-16(11-17)21(6-2-7-21)20(25)24-8-5-14-9-18(23)10-15-12-26-13-27-19(14)15/h1,3-4,9-11H,2,5-8,12-13H2,(H,24,25). The second kappa shape index (κ2) is 7.49. The number of carbonyl (C=O) groups excluding carboxylic acids is 1. The summed E-state index contributed by atoms with van der Waals surface area (Å²) in [6.07, 6.45) is 3.15. The molecule has 4 nitrogen and oxygen atoms in total. The van der Waals surface area contributed by atoms with Gasteiger partial charge in [0.1, 0.15) is 11.6 Å². The lowest BCUT2D eigenvalue weighted by Crippen LogP contribution is -2.49. The smallest absolute Gasteiger partial charge is 0.230 e. The van der Waals surface area contributed by atoms with Crippen molar-refractivity contribution < 1.29 is 18.7 Å². The summed E-state index contributed by atoms with van der Waals surface area (Å²) in [5.74, 6) is 0.356. The Bertz CT molecular complexity index is 867. The van der Waals surface area contributed by atoms with Crippen molar-refractivity contribution in [2.24, 2.45) is 0 Å². The number of rotatable bonds is 5. The first-order valence-electron chi connectivity index (χ1n) is 9.15. The van der Waals surface area contributed by atoms with Crippen LogP contribution in [0.25, 0.3) is 0 Å². The quantitative estimate of drug-likeness (QED) is 0.836. The van der Waals surface area contributed by atoms with Crippen LogP contribution >= 0.6 is 11.6 Å². The van der Waals surface area contributed by atoms with Crippen molar-refractivity contribution >= 4 is 17.5 Å². The molecule has 1 aliphatic heterocycles. The van der Waals surface area contributed by atoms with Crippen LogP contribution in [0.4, 0.5) is 4.39 Å². The summed E-state index contributed by atoms with van der Waals surface area (Å²) >= 11 is 6.11. The Morgan fingerprint density at radius 2 is 2.11 bits per heavy atom. The first kappa shape index (κ1) is 18.3. The highest BCUT2D eigenvalue weighted by molar-refractivity contribution is 6.30. The molecule has 1 N–H and O–H groups in total. The van der Waals surface area contributed by atoms with Gasteiger partial charge in [-0.05, 0) is 54.7 Å². The average Bonchev–Trinajstić information content (AvgIpc) is 2.60. The Morgan fingerprint density at radius 3 is 2.85 bits per heavy atom. The highest BCUT2D eigenvalue weighted by atomic mass is 35.5. The van der Waals surface area contributed by atoms with Crippen LogP contribution in [-0.4, -0.2) is 19.2 Å². The van der Waals surface area contributed by atoms with E-state index in [2.05, 4.69) is 5.32 Å². The van der Waals surface area contributed by atoms with Crippen molar-refractivity contribution in [3.05, 3.63) is 63.9 Å². The molecule has 1 fully saturated rings. The molecule has 1 saturated carbocycles. The Labute approximate surface area is 162 Å². The maximum Gasteiger partial charge on any atom is 0.230 e. The van der Waals surface area contributed by atoms with Gasteiger partial charge in [-0.15, -0.1) is 0 Å².